The van der Waals surface area contributed by atoms with E-state index in [4.69, 9.17) is 11.6 Å². The molecule has 1 aromatic carbocycles. The Balaban J connectivity index is 2.47. The van der Waals surface area contributed by atoms with E-state index in [1.54, 1.807) is 25.1 Å². The zero-order valence-corrected chi connectivity index (χ0v) is 12.9. The van der Waals surface area contributed by atoms with Crippen molar-refractivity contribution in [1.82, 2.24) is 4.98 Å². The number of rotatable bonds is 3. The maximum Gasteiger partial charge on any atom is 0.417 e. The van der Waals surface area contributed by atoms with E-state index in [0.29, 0.717) is 23.0 Å². The molecular weight excluding hydrogens is 333 g/mol. The fourth-order valence-corrected chi connectivity index (χ4v) is 2.11. The summed E-state index contributed by atoms with van der Waals surface area (Å²) < 4.78 is 42.8. The van der Waals surface area contributed by atoms with Crippen LogP contribution in [-0.2, 0) is 10.9 Å². The molecule has 0 atom stereocenters. The zero-order valence-electron chi connectivity index (χ0n) is 12.2. The zero-order chi connectivity index (χ0) is 17.2. The van der Waals surface area contributed by atoms with Crippen molar-refractivity contribution in [3.63, 3.8) is 0 Å². The van der Waals surface area contributed by atoms with Gasteiger partial charge in [0, 0.05) is 16.9 Å². The third-order valence-corrected chi connectivity index (χ3v) is 3.30. The van der Waals surface area contributed by atoms with E-state index in [9.17, 15) is 18.0 Å². The van der Waals surface area contributed by atoms with Crippen molar-refractivity contribution in [3.05, 3.63) is 52.2 Å². The highest BCUT2D eigenvalue weighted by Crippen LogP contribution is 2.32. The van der Waals surface area contributed by atoms with E-state index in [2.05, 4.69) is 15.0 Å². The van der Waals surface area contributed by atoms with Crippen LogP contribution in [0.15, 0.2) is 30.5 Å². The van der Waals surface area contributed by atoms with Crippen LogP contribution in [0.1, 0.15) is 21.5 Å². The Morgan fingerprint density at radius 3 is 2.57 bits per heavy atom. The number of methoxy groups -OCH3 is 1. The van der Waals surface area contributed by atoms with Gasteiger partial charge in [0.1, 0.15) is 11.4 Å². The second-order valence-corrected chi connectivity index (χ2v) is 5.13. The molecule has 0 aliphatic carbocycles. The molecule has 0 saturated carbocycles. The third kappa shape index (κ3) is 3.92. The smallest absolute Gasteiger partial charge is 0.417 e. The minimum Gasteiger partial charge on any atom is -0.465 e. The van der Waals surface area contributed by atoms with Gasteiger partial charge in [0.2, 0.25) is 0 Å². The van der Waals surface area contributed by atoms with Crippen LogP contribution in [0.3, 0.4) is 0 Å². The summed E-state index contributed by atoms with van der Waals surface area (Å²) in [7, 11) is 1.08. The average Bonchev–Trinajstić information content (AvgIpc) is 2.48. The Morgan fingerprint density at radius 2 is 2.00 bits per heavy atom. The van der Waals surface area contributed by atoms with Gasteiger partial charge in [0.05, 0.1) is 12.7 Å². The van der Waals surface area contributed by atoms with Gasteiger partial charge in [-0.25, -0.2) is 9.78 Å². The summed E-state index contributed by atoms with van der Waals surface area (Å²) in [5, 5.41) is 3.34. The Labute approximate surface area is 135 Å². The molecule has 0 amide bonds. The lowest BCUT2D eigenvalue weighted by molar-refractivity contribution is -0.137. The van der Waals surface area contributed by atoms with Crippen LogP contribution in [0.5, 0.6) is 0 Å². The molecule has 0 radical (unpaired) electrons. The van der Waals surface area contributed by atoms with Crippen LogP contribution in [0.25, 0.3) is 0 Å². The van der Waals surface area contributed by atoms with Gasteiger partial charge in [0.15, 0.2) is 0 Å². The van der Waals surface area contributed by atoms with Gasteiger partial charge in [0.25, 0.3) is 0 Å². The number of halogens is 4. The summed E-state index contributed by atoms with van der Waals surface area (Å²) in [5.74, 6) is -0.951. The van der Waals surface area contributed by atoms with Gasteiger partial charge in [-0.1, -0.05) is 11.6 Å². The van der Waals surface area contributed by atoms with E-state index in [-0.39, 0.29) is 11.4 Å². The van der Waals surface area contributed by atoms with Gasteiger partial charge < -0.3 is 10.1 Å². The molecule has 2 rings (SSSR count). The van der Waals surface area contributed by atoms with E-state index in [1.807, 2.05) is 0 Å². The molecule has 0 unspecified atom stereocenters. The van der Waals surface area contributed by atoms with Crippen LogP contribution in [-0.4, -0.2) is 18.1 Å². The van der Waals surface area contributed by atoms with Crippen molar-refractivity contribution < 1.29 is 22.7 Å². The lowest BCUT2D eigenvalue weighted by atomic mass is 10.1. The summed E-state index contributed by atoms with van der Waals surface area (Å²) in [5.41, 5.74) is -0.0326. The lowest BCUT2D eigenvalue weighted by Crippen LogP contribution is -2.12. The Kier molecular flexibility index (Phi) is 4.79. The second-order valence-electron chi connectivity index (χ2n) is 4.69. The van der Waals surface area contributed by atoms with Gasteiger partial charge in [-0.15, -0.1) is 0 Å². The largest absolute Gasteiger partial charge is 0.465 e. The number of esters is 1. The quantitative estimate of drug-likeness (QED) is 0.827. The number of anilines is 2. The highest BCUT2D eigenvalue weighted by molar-refractivity contribution is 6.30. The molecular formula is C15H12ClF3N2O2. The van der Waals surface area contributed by atoms with Crippen molar-refractivity contribution in [2.24, 2.45) is 0 Å². The maximum atomic E-state index is 12.8. The van der Waals surface area contributed by atoms with E-state index < -0.39 is 17.7 Å². The van der Waals surface area contributed by atoms with E-state index >= 15 is 0 Å². The molecule has 8 heteroatoms. The maximum absolute atomic E-state index is 12.8. The standard InChI is InChI=1S/C15H12ClF3N2O2/c1-8-5-10(16)3-4-12(8)21-13-11(14(22)23-2)6-9(7-20-13)15(17,18)19/h3-7H,1-2H3,(H,20,21). The predicted octanol–water partition coefficient (Wildman–Crippen LogP) is 4.59. The molecule has 23 heavy (non-hydrogen) atoms. The predicted molar refractivity (Wildman–Crippen MR) is 80.1 cm³/mol. The van der Waals surface area contributed by atoms with Gasteiger partial charge in [-0.2, -0.15) is 13.2 Å². The summed E-state index contributed by atoms with van der Waals surface area (Å²) in [4.78, 5) is 15.5. The minimum absolute atomic E-state index is 0.0322. The normalized spacial score (nSPS) is 11.2. The topological polar surface area (TPSA) is 51.2 Å². The molecule has 0 fully saturated rings. The number of ether oxygens (including phenoxy) is 1. The molecule has 122 valence electrons. The summed E-state index contributed by atoms with van der Waals surface area (Å²) >= 11 is 5.85. The molecule has 0 aliphatic heterocycles. The highest BCUT2D eigenvalue weighted by Gasteiger charge is 2.32. The first-order chi connectivity index (χ1) is 10.7. The number of alkyl halides is 3. The highest BCUT2D eigenvalue weighted by atomic mass is 35.5. The first-order valence-electron chi connectivity index (χ1n) is 6.41. The fourth-order valence-electron chi connectivity index (χ4n) is 1.88. The van der Waals surface area contributed by atoms with Crippen LogP contribution in [0.2, 0.25) is 5.02 Å². The SMILES string of the molecule is COC(=O)c1cc(C(F)(F)F)cnc1Nc1ccc(Cl)cc1C. The van der Waals surface area contributed by atoms with Gasteiger partial charge in [-0.05, 0) is 36.8 Å². The fraction of sp³-hybridized carbons (Fsp3) is 0.200. The molecule has 0 aliphatic rings. The van der Waals surface area contributed by atoms with Crippen molar-refractivity contribution in [2.45, 2.75) is 13.1 Å². The molecule has 4 nitrogen and oxygen atoms in total. The molecule has 1 N–H and O–H groups in total. The van der Waals surface area contributed by atoms with Crippen molar-refractivity contribution in [2.75, 3.05) is 12.4 Å². The summed E-state index contributed by atoms with van der Waals surface area (Å²) in [6.45, 7) is 1.76. The molecule has 1 aromatic heterocycles. The lowest BCUT2D eigenvalue weighted by Gasteiger charge is -2.14. The van der Waals surface area contributed by atoms with Gasteiger partial charge >= 0.3 is 12.1 Å². The average molecular weight is 345 g/mol. The summed E-state index contributed by atoms with van der Waals surface area (Å²) in [6.07, 6.45) is -3.95. The molecule has 0 spiro atoms. The number of nitrogens with one attached hydrogen (secondary N) is 1. The minimum atomic E-state index is -4.61. The second kappa shape index (κ2) is 6.45. The Morgan fingerprint density at radius 1 is 1.30 bits per heavy atom. The number of benzene rings is 1. The van der Waals surface area contributed by atoms with Crippen LogP contribution >= 0.6 is 11.6 Å². The number of hydrogen-bond donors (Lipinski definition) is 1. The summed E-state index contributed by atoms with van der Waals surface area (Å²) in [6, 6.07) is 5.62. The monoisotopic (exact) mass is 344 g/mol. The van der Waals surface area contributed by atoms with Crippen molar-refractivity contribution in [3.8, 4) is 0 Å². The number of aryl methyl sites for hydroxylation is 1. The first-order valence-corrected chi connectivity index (χ1v) is 6.79. The Hall–Kier alpha value is -2.28. The van der Waals surface area contributed by atoms with Crippen LogP contribution in [0, 0.1) is 6.92 Å². The van der Waals surface area contributed by atoms with E-state index in [1.165, 1.54) is 0 Å². The van der Waals surface area contributed by atoms with Gasteiger partial charge in [-0.3, -0.25) is 0 Å². The molecule has 0 bridgehead atoms. The van der Waals surface area contributed by atoms with Crippen LogP contribution in [0.4, 0.5) is 24.7 Å². The number of carbonyl (C=O) groups is 1. The van der Waals surface area contributed by atoms with Crippen molar-refractivity contribution in [1.29, 1.82) is 0 Å². The number of nitrogens with zero attached hydrogens (tertiary/aromatic N) is 1. The van der Waals surface area contributed by atoms with Crippen molar-refractivity contribution >= 4 is 29.1 Å². The number of hydrogen-bond acceptors (Lipinski definition) is 4. The number of aromatic nitrogens is 1. The molecule has 1 heterocycles. The molecule has 2 aromatic rings. The van der Waals surface area contributed by atoms with Crippen LogP contribution < -0.4 is 5.32 Å². The number of carbonyl (C=O) groups excluding carboxylic acids is 1. The Bertz CT molecular complexity index is 748. The third-order valence-electron chi connectivity index (χ3n) is 3.06. The first kappa shape index (κ1) is 17.1. The van der Waals surface area contributed by atoms with E-state index in [0.717, 1.165) is 12.7 Å². The number of pyridine rings is 1. The molecule has 0 saturated heterocycles.